The van der Waals surface area contributed by atoms with Gasteiger partial charge in [0, 0.05) is 5.56 Å². The Labute approximate surface area is 141 Å². The van der Waals surface area contributed by atoms with Crippen molar-refractivity contribution in [3.05, 3.63) is 47.0 Å². The molecule has 3 heterocycles. The Balaban J connectivity index is 1.74. The van der Waals surface area contributed by atoms with Crippen molar-refractivity contribution in [3.63, 3.8) is 0 Å². The Morgan fingerprint density at radius 2 is 2.12 bits per heavy atom. The van der Waals surface area contributed by atoms with E-state index in [9.17, 15) is 0 Å². The van der Waals surface area contributed by atoms with Crippen LogP contribution < -0.4 is 20.5 Å². The van der Waals surface area contributed by atoms with Gasteiger partial charge in [0.15, 0.2) is 23.6 Å². The lowest BCUT2D eigenvalue weighted by molar-refractivity contribution is 0.174. The summed E-state index contributed by atoms with van der Waals surface area (Å²) in [6, 6.07) is 11.5. The monoisotopic (exact) mass is 341 g/mol. The minimum absolute atomic E-state index is 0.162. The molecule has 0 bridgehead atoms. The Kier molecular flexibility index (Phi) is 2.69. The number of nitrogens with two attached hydrogens (primary N) is 1. The second-order valence-electron chi connectivity index (χ2n) is 5.54. The lowest BCUT2D eigenvalue weighted by atomic mass is 10.1. The largest absolute Gasteiger partial charge is 0.454 e. The third-order valence-electron chi connectivity index (χ3n) is 4.09. The van der Waals surface area contributed by atoms with Gasteiger partial charge in [-0.2, -0.15) is 0 Å². The van der Waals surface area contributed by atoms with Gasteiger partial charge < -0.3 is 15.2 Å². The molecule has 0 saturated carbocycles. The number of guanidine groups is 1. The van der Waals surface area contributed by atoms with Gasteiger partial charge in [0.05, 0.1) is 16.1 Å². The minimum atomic E-state index is -0.388. The quantitative estimate of drug-likeness (QED) is 0.710. The summed E-state index contributed by atoms with van der Waals surface area (Å²) in [6.07, 6.45) is -0.388. The van der Waals surface area contributed by atoms with Crippen molar-refractivity contribution in [2.24, 2.45) is 10.7 Å². The van der Waals surface area contributed by atoms with Crippen molar-refractivity contribution in [3.8, 4) is 11.5 Å². The van der Waals surface area contributed by atoms with Gasteiger partial charge in [-0.25, -0.2) is 9.98 Å². The van der Waals surface area contributed by atoms with Gasteiger partial charge in [-0.1, -0.05) is 23.7 Å². The summed E-state index contributed by atoms with van der Waals surface area (Å²) < 4.78 is 12.8. The van der Waals surface area contributed by atoms with Gasteiger partial charge in [-0.3, -0.25) is 9.88 Å². The van der Waals surface area contributed by atoms with Gasteiger partial charge in [0.2, 0.25) is 12.7 Å². The summed E-state index contributed by atoms with van der Waals surface area (Å²) in [4.78, 5) is 9.11. The molecule has 0 fully saturated rings. The van der Waals surface area contributed by atoms with E-state index in [2.05, 4.69) is 15.3 Å². The van der Waals surface area contributed by atoms with Crippen molar-refractivity contribution >= 4 is 34.5 Å². The Morgan fingerprint density at radius 3 is 3.04 bits per heavy atom. The molecule has 3 N–H and O–H groups in total. The molecule has 0 unspecified atom stereocenters. The van der Waals surface area contributed by atoms with Crippen LogP contribution in [0.15, 0.2) is 41.4 Å². The maximum absolute atomic E-state index is 6.32. The molecule has 5 rings (SSSR count). The number of halogens is 1. The van der Waals surface area contributed by atoms with E-state index in [4.69, 9.17) is 26.8 Å². The van der Waals surface area contributed by atoms with Crippen LogP contribution in [-0.2, 0) is 0 Å². The zero-order chi connectivity index (χ0) is 16.3. The predicted octanol–water partition coefficient (Wildman–Crippen LogP) is 2.71. The fraction of sp³-hybridized carbons (Fsp3) is 0.125. The van der Waals surface area contributed by atoms with Gasteiger partial charge in [0.25, 0.3) is 0 Å². The number of aliphatic imine (C=N–C) groups is 1. The van der Waals surface area contributed by atoms with E-state index in [0.717, 1.165) is 16.6 Å². The molecule has 7 nitrogen and oxygen atoms in total. The molecule has 2 aliphatic heterocycles. The van der Waals surface area contributed by atoms with Crippen LogP contribution in [0.4, 0.5) is 5.95 Å². The van der Waals surface area contributed by atoms with E-state index in [1.165, 1.54) is 0 Å². The first-order valence-electron chi connectivity index (χ1n) is 7.37. The molecule has 120 valence electrons. The van der Waals surface area contributed by atoms with Gasteiger partial charge >= 0.3 is 0 Å². The number of para-hydroxylation sites is 2. The van der Waals surface area contributed by atoms with Crippen molar-refractivity contribution in [2.75, 3.05) is 12.1 Å². The SMILES string of the molecule is NC1=N[C@H](c2cc(Cl)c3c(c2)OCO3)n2c(nc3ccccc32)N1. The lowest BCUT2D eigenvalue weighted by Gasteiger charge is -2.24. The van der Waals surface area contributed by atoms with E-state index in [1.54, 1.807) is 0 Å². The van der Waals surface area contributed by atoms with E-state index in [0.29, 0.717) is 28.4 Å². The number of rotatable bonds is 1. The Hall–Kier alpha value is -2.93. The highest BCUT2D eigenvalue weighted by molar-refractivity contribution is 6.32. The van der Waals surface area contributed by atoms with Gasteiger partial charge in [-0.15, -0.1) is 0 Å². The Morgan fingerprint density at radius 1 is 1.25 bits per heavy atom. The maximum atomic E-state index is 6.32. The molecule has 2 aromatic carbocycles. The summed E-state index contributed by atoms with van der Waals surface area (Å²) >= 11 is 6.32. The molecular formula is C16H12ClN5O2. The fourth-order valence-electron chi connectivity index (χ4n) is 3.08. The fourth-order valence-corrected chi connectivity index (χ4v) is 3.35. The maximum Gasteiger partial charge on any atom is 0.231 e. The van der Waals surface area contributed by atoms with Crippen LogP contribution in [0.3, 0.4) is 0 Å². The molecule has 0 saturated heterocycles. The summed E-state index contributed by atoms with van der Waals surface area (Å²) in [7, 11) is 0. The molecule has 0 radical (unpaired) electrons. The van der Waals surface area contributed by atoms with Crippen LogP contribution in [0.1, 0.15) is 11.7 Å². The van der Waals surface area contributed by atoms with Crippen LogP contribution >= 0.6 is 11.6 Å². The highest BCUT2D eigenvalue weighted by atomic mass is 35.5. The number of benzene rings is 2. The lowest BCUT2D eigenvalue weighted by Crippen LogP contribution is -2.31. The number of anilines is 1. The van der Waals surface area contributed by atoms with Crippen LogP contribution in [0, 0.1) is 0 Å². The average Bonchev–Trinajstić information content (AvgIpc) is 3.17. The second-order valence-corrected chi connectivity index (χ2v) is 5.95. The number of nitrogens with zero attached hydrogens (tertiary/aromatic N) is 3. The van der Waals surface area contributed by atoms with Crippen LogP contribution in [-0.4, -0.2) is 22.3 Å². The first-order valence-corrected chi connectivity index (χ1v) is 7.75. The first kappa shape index (κ1) is 13.5. The van der Waals surface area contributed by atoms with Gasteiger partial charge in [0.1, 0.15) is 0 Å². The number of hydrogen-bond donors (Lipinski definition) is 2. The minimum Gasteiger partial charge on any atom is -0.454 e. The van der Waals surface area contributed by atoms with Crippen molar-refractivity contribution in [1.29, 1.82) is 0 Å². The molecule has 8 heteroatoms. The topological polar surface area (TPSA) is 86.7 Å². The number of imidazole rings is 1. The molecule has 1 atom stereocenters. The van der Waals surface area contributed by atoms with Crippen LogP contribution in [0.25, 0.3) is 11.0 Å². The molecule has 3 aromatic rings. The highest BCUT2D eigenvalue weighted by Crippen LogP contribution is 2.43. The third kappa shape index (κ3) is 1.85. The zero-order valence-corrected chi connectivity index (χ0v) is 13.1. The average molecular weight is 342 g/mol. The molecule has 0 amide bonds. The molecule has 2 aliphatic rings. The first-order chi connectivity index (χ1) is 11.7. The number of fused-ring (bicyclic) bond motifs is 4. The van der Waals surface area contributed by atoms with E-state index < -0.39 is 0 Å². The summed E-state index contributed by atoms with van der Waals surface area (Å²) in [5, 5.41) is 3.49. The van der Waals surface area contributed by atoms with Crippen molar-refractivity contribution < 1.29 is 9.47 Å². The molecule has 24 heavy (non-hydrogen) atoms. The molecular weight excluding hydrogens is 330 g/mol. The molecule has 1 aromatic heterocycles. The second kappa shape index (κ2) is 4.78. The number of nitrogens with one attached hydrogen (secondary N) is 1. The zero-order valence-electron chi connectivity index (χ0n) is 12.4. The Bertz CT molecular complexity index is 1010. The predicted molar refractivity (Wildman–Crippen MR) is 90.7 cm³/mol. The van der Waals surface area contributed by atoms with E-state index >= 15 is 0 Å². The van der Waals surface area contributed by atoms with Crippen LogP contribution in [0.2, 0.25) is 5.02 Å². The van der Waals surface area contributed by atoms with E-state index in [-0.39, 0.29) is 13.0 Å². The molecule has 0 aliphatic carbocycles. The summed E-state index contributed by atoms with van der Waals surface area (Å²) in [6.45, 7) is 0.162. The highest BCUT2D eigenvalue weighted by Gasteiger charge is 2.28. The van der Waals surface area contributed by atoms with Crippen molar-refractivity contribution in [2.45, 2.75) is 6.17 Å². The van der Waals surface area contributed by atoms with Crippen LogP contribution in [0.5, 0.6) is 11.5 Å². The van der Waals surface area contributed by atoms with Gasteiger partial charge in [-0.05, 0) is 24.3 Å². The number of ether oxygens (including phenoxy) is 2. The summed E-state index contributed by atoms with van der Waals surface area (Å²) in [5.74, 6) is 2.11. The molecule has 0 spiro atoms. The summed E-state index contributed by atoms with van der Waals surface area (Å²) in [5.41, 5.74) is 8.61. The number of aromatic nitrogens is 2. The smallest absolute Gasteiger partial charge is 0.231 e. The standard InChI is InChI=1S/C16H12ClN5O2/c17-9-5-8(6-12-13(9)24-7-23-12)14-20-15(18)21-16-19-10-3-1-2-4-11(10)22(14)16/h1-6,14H,7H2,(H3,18,19,20,21)/t14-/m0/s1. The number of hydrogen-bond acceptors (Lipinski definition) is 6. The van der Waals surface area contributed by atoms with Crippen molar-refractivity contribution in [1.82, 2.24) is 9.55 Å². The third-order valence-corrected chi connectivity index (χ3v) is 4.37. The van der Waals surface area contributed by atoms with E-state index in [1.807, 2.05) is 41.0 Å². The normalized spacial score (nSPS) is 18.2.